The molecular formula is C33H20Cl2N4O2S2. The number of nitriles is 1. The van der Waals surface area contributed by atoms with E-state index in [9.17, 15) is 14.9 Å². The predicted octanol–water partition coefficient (Wildman–Crippen LogP) is 8.77. The fourth-order valence-electron chi connectivity index (χ4n) is 4.66. The van der Waals surface area contributed by atoms with Crippen LogP contribution in [0.4, 0.5) is 5.69 Å². The van der Waals surface area contributed by atoms with E-state index >= 15 is 0 Å². The minimum Gasteiger partial charge on any atom is -0.322 e. The van der Waals surface area contributed by atoms with Crippen molar-refractivity contribution in [3.63, 3.8) is 0 Å². The first-order chi connectivity index (χ1) is 20.8. The van der Waals surface area contributed by atoms with Gasteiger partial charge in [0.2, 0.25) is 0 Å². The van der Waals surface area contributed by atoms with Gasteiger partial charge in [-0.25, -0.2) is 4.98 Å². The van der Waals surface area contributed by atoms with E-state index in [0.717, 1.165) is 15.8 Å². The molecule has 2 aromatic heterocycles. The molecule has 210 valence electrons. The van der Waals surface area contributed by atoms with Gasteiger partial charge < -0.3 is 10.3 Å². The standard InChI is InChI=1S/C33H20Cl2N4O2S2/c34-25-12-11-22(15-26(25)35)32(40)37-23-9-4-8-21(14-23)30(42)31-38-29(24(17-36)33(41)39-31)20-7-3-6-18(13-20)28-16-19-5-1-2-10-27(19)43-28/h1-16,30,42H,(H,37,40)(H,38,39,41). The number of rotatable bonds is 6. The first-order valence-electron chi connectivity index (χ1n) is 13.0. The second kappa shape index (κ2) is 12.1. The molecule has 0 aliphatic rings. The number of hydrogen-bond donors (Lipinski definition) is 3. The van der Waals surface area contributed by atoms with Crippen LogP contribution in [-0.2, 0) is 0 Å². The molecule has 43 heavy (non-hydrogen) atoms. The number of amides is 1. The molecule has 1 atom stereocenters. The number of hydrogen-bond acceptors (Lipinski definition) is 6. The van der Waals surface area contributed by atoms with Gasteiger partial charge in [0.05, 0.1) is 21.0 Å². The van der Waals surface area contributed by atoms with Crippen LogP contribution in [0.25, 0.3) is 31.8 Å². The largest absolute Gasteiger partial charge is 0.322 e. The van der Waals surface area contributed by atoms with E-state index in [1.807, 2.05) is 48.5 Å². The molecule has 10 heteroatoms. The summed E-state index contributed by atoms with van der Waals surface area (Å²) in [5.74, 6) is -0.0975. The van der Waals surface area contributed by atoms with Crippen LogP contribution in [0.5, 0.6) is 0 Å². The zero-order valence-corrected chi connectivity index (χ0v) is 25.4. The third-order valence-electron chi connectivity index (χ3n) is 6.80. The summed E-state index contributed by atoms with van der Waals surface area (Å²) in [6.07, 6.45) is 0. The maximum absolute atomic E-state index is 13.1. The van der Waals surface area contributed by atoms with Crippen molar-refractivity contribution in [2.75, 3.05) is 5.32 Å². The number of aromatic amines is 1. The SMILES string of the molecule is N#Cc1c(-c2cccc(-c3cc4ccccc4s3)c2)nc(C(S)c2cccc(NC(=O)c3ccc(Cl)c(Cl)c3)c2)[nH]c1=O. The molecule has 2 N–H and O–H groups in total. The molecule has 0 saturated carbocycles. The van der Waals surface area contributed by atoms with Gasteiger partial charge in [0.15, 0.2) is 0 Å². The van der Waals surface area contributed by atoms with Gasteiger partial charge in [-0.05, 0) is 65.0 Å². The Hall–Kier alpha value is -4.39. The zero-order valence-electron chi connectivity index (χ0n) is 22.1. The Morgan fingerprint density at radius 3 is 2.51 bits per heavy atom. The predicted molar refractivity (Wildman–Crippen MR) is 178 cm³/mol. The number of carbonyl (C=O) groups is 1. The van der Waals surface area contributed by atoms with Gasteiger partial charge in [0, 0.05) is 26.4 Å². The molecule has 6 rings (SSSR count). The second-order valence-corrected chi connectivity index (χ2v) is 12.0. The number of fused-ring (bicyclic) bond motifs is 1. The summed E-state index contributed by atoms with van der Waals surface area (Å²) in [6.45, 7) is 0. The average Bonchev–Trinajstić information content (AvgIpc) is 3.46. The number of nitrogens with one attached hydrogen (secondary N) is 2. The number of nitrogens with zero attached hydrogens (tertiary/aromatic N) is 2. The normalized spacial score (nSPS) is 11.7. The highest BCUT2D eigenvalue weighted by Crippen LogP contribution is 2.36. The van der Waals surface area contributed by atoms with E-state index in [1.165, 1.54) is 10.8 Å². The molecule has 2 heterocycles. The average molecular weight is 640 g/mol. The van der Waals surface area contributed by atoms with Gasteiger partial charge in [-0.1, -0.05) is 71.7 Å². The summed E-state index contributed by atoms with van der Waals surface area (Å²) < 4.78 is 1.17. The molecule has 1 unspecified atom stereocenters. The number of anilines is 1. The van der Waals surface area contributed by atoms with E-state index in [1.54, 1.807) is 41.7 Å². The third kappa shape index (κ3) is 5.94. The van der Waals surface area contributed by atoms with Crippen LogP contribution in [0.1, 0.15) is 32.6 Å². The van der Waals surface area contributed by atoms with Gasteiger partial charge in [0.25, 0.3) is 11.5 Å². The summed E-state index contributed by atoms with van der Waals surface area (Å²) >= 11 is 18.5. The fourth-order valence-corrected chi connectivity index (χ4v) is 6.30. The van der Waals surface area contributed by atoms with Gasteiger partial charge in [-0.2, -0.15) is 17.9 Å². The zero-order chi connectivity index (χ0) is 30.1. The summed E-state index contributed by atoms with van der Waals surface area (Å²) in [4.78, 5) is 34.4. The Labute approximate surface area is 266 Å². The van der Waals surface area contributed by atoms with Crippen LogP contribution in [0, 0.1) is 11.3 Å². The van der Waals surface area contributed by atoms with Crippen LogP contribution < -0.4 is 10.9 Å². The Morgan fingerprint density at radius 2 is 1.72 bits per heavy atom. The fraction of sp³-hybridized carbons (Fsp3) is 0.0303. The van der Waals surface area contributed by atoms with Gasteiger partial charge in [-0.3, -0.25) is 9.59 Å². The molecule has 0 fully saturated rings. The van der Waals surface area contributed by atoms with Crippen molar-refractivity contribution in [2.45, 2.75) is 5.25 Å². The molecule has 1 amide bonds. The van der Waals surface area contributed by atoms with E-state index in [-0.39, 0.29) is 28.0 Å². The summed E-state index contributed by atoms with van der Waals surface area (Å²) in [6, 6.07) is 31.6. The molecule has 0 spiro atoms. The van der Waals surface area contributed by atoms with Crippen LogP contribution >= 0.6 is 47.2 Å². The Balaban J connectivity index is 1.32. The number of thiophene rings is 1. The van der Waals surface area contributed by atoms with E-state index < -0.39 is 10.8 Å². The maximum atomic E-state index is 13.1. The van der Waals surface area contributed by atoms with Crippen molar-refractivity contribution in [1.82, 2.24) is 9.97 Å². The molecule has 6 nitrogen and oxygen atoms in total. The monoisotopic (exact) mass is 638 g/mol. The molecule has 0 radical (unpaired) electrons. The molecule has 0 bridgehead atoms. The van der Waals surface area contributed by atoms with Crippen molar-refractivity contribution >= 4 is 68.8 Å². The van der Waals surface area contributed by atoms with Crippen LogP contribution in [0.2, 0.25) is 10.0 Å². The van der Waals surface area contributed by atoms with Crippen molar-refractivity contribution in [2.24, 2.45) is 0 Å². The van der Waals surface area contributed by atoms with Gasteiger partial charge in [0.1, 0.15) is 17.5 Å². The lowest BCUT2D eigenvalue weighted by Gasteiger charge is -2.15. The lowest BCUT2D eigenvalue weighted by Crippen LogP contribution is -2.18. The summed E-state index contributed by atoms with van der Waals surface area (Å²) in [5.41, 5.74) is 2.77. The smallest absolute Gasteiger partial charge is 0.269 e. The topological polar surface area (TPSA) is 98.6 Å². The Kier molecular flexibility index (Phi) is 8.06. The molecule has 0 aliphatic heterocycles. The molecular weight excluding hydrogens is 619 g/mol. The van der Waals surface area contributed by atoms with E-state index in [0.29, 0.717) is 27.4 Å². The minimum absolute atomic E-state index is 0.0830. The first kappa shape index (κ1) is 28.7. The number of benzene rings is 4. The van der Waals surface area contributed by atoms with Crippen molar-refractivity contribution in [3.05, 3.63) is 140 Å². The van der Waals surface area contributed by atoms with Crippen molar-refractivity contribution < 1.29 is 4.79 Å². The highest BCUT2D eigenvalue weighted by atomic mass is 35.5. The van der Waals surface area contributed by atoms with E-state index in [4.69, 9.17) is 40.8 Å². The highest BCUT2D eigenvalue weighted by molar-refractivity contribution is 7.80. The number of H-pyrrole nitrogens is 1. The molecule has 0 aliphatic carbocycles. The number of halogens is 2. The van der Waals surface area contributed by atoms with Crippen LogP contribution in [0.3, 0.4) is 0 Å². The quantitative estimate of drug-likeness (QED) is 0.159. The number of thiol groups is 1. The van der Waals surface area contributed by atoms with Crippen molar-refractivity contribution in [3.8, 4) is 27.8 Å². The lowest BCUT2D eigenvalue weighted by atomic mass is 10.0. The van der Waals surface area contributed by atoms with Crippen molar-refractivity contribution in [1.29, 1.82) is 5.26 Å². The lowest BCUT2D eigenvalue weighted by molar-refractivity contribution is 0.102. The van der Waals surface area contributed by atoms with Gasteiger partial charge >= 0.3 is 0 Å². The van der Waals surface area contributed by atoms with Crippen LogP contribution in [-0.4, -0.2) is 15.9 Å². The molecule has 6 aromatic rings. The van der Waals surface area contributed by atoms with Gasteiger partial charge in [-0.15, -0.1) is 11.3 Å². The second-order valence-electron chi connectivity index (χ2n) is 9.63. The van der Waals surface area contributed by atoms with Crippen LogP contribution in [0.15, 0.2) is 102 Å². The maximum Gasteiger partial charge on any atom is 0.269 e. The Morgan fingerprint density at radius 1 is 0.930 bits per heavy atom. The highest BCUT2D eigenvalue weighted by Gasteiger charge is 2.20. The van der Waals surface area contributed by atoms with E-state index in [2.05, 4.69) is 28.5 Å². The summed E-state index contributed by atoms with van der Waals surface area (Å²) in [5, 5.41) is 13.8. The first-order valence-corrected chi connectivity index (χ1v) is 15.1. The summed E-state index contributed by atoms with van der Waals surface area (Å²) in [7, 11) is 0. The number of carbonyl (C=O) groups excluding carboxylic acids is 1. The minimum atomic E-state index is -0.660. The third-order valence-corrected chi connectivity index (χ3v) is 9.24. The number of aromatic nitrogens is 2. The molecule has 0 saturated heterocycles. The molecule has 4 aromatic carbocycles. The Bertz CT molecular complexity index is 2100.